The van der Waals surface area contributed by atoms with Crippen molar-refractivity contribution in [1.29, 1.82) is 0 Å². The maximum Gasteiger partial charge on any atom is 0.317 e. The van der Waals surface area contributed by atoms with Crippen molar-refractivity contribution in [1.82, 2.24) is 10.3 Å². The Bertz CT molecular complexity index is 1050. The molecule has 28 heavy (non-hydrogen) atoms. The van der Waals surface area contributed by atoms with Gasteiger partial charge in [0.1, 0.15) is 5.69 Å². The molecule has 1 heterocycles. The number of fused-ring (bicyclic) bond motifs is 2. The second-order valence-corrected chi connectivity index (χ2v) is 8.03. The summed E-state index contributed by atoms with van der Waals surface area (Å²) in [7, 11) is 0. The highest BCUT2D eigenvalue weighted by atomic mass is 35.5. The molecule has 2 atom stereocenters. The monoisotopic (exact) mass is 414 g/mol. The molecule has 144 valence electrons. The number of carbonyl (C=O) groups excluding carboxylic acids is 2. The number of aromatic nitrogens is 1. The van der Waals surface area contributed by atoms with Crippen LogP contribution in [0.15, 0.2) is 48.5 Å². The summed E-state index contributed by atoms with van der Waals surface area (Å²) in [4.78, 5) is 27.6. The second kappa shape index (κ2) is 7.89. The van der Waals surface area contributed by atoms with Crippen molar-refractivity contribution in [2.75, 3.05) is 0 Å². The quantitative estimate of drug-likeness (QED) is 0.587. The largest absolute Gasteiger partial charge is 0.391 e. The number of H-pyrrole nitrogens is 1. The van der Waals surface area contributed by atoms with E-state index in [0.29, 0.717) is 23.6 Å². The van der Waals surface area contributed by atoms with E-state index in [-0.39, 0.29) is 23.2 Å². The number of rotatable bonds is 5. The van der Waals surface area contributed by atoms with Crippen LogP contribution in [0.25, 0.3) is 10.9 Å². The predicted octanol–water partition coefficient (Wildman–Crippen LogP) is 4.82. The average molecular weight is 415 g/mol. The Kier molecular flexibility index (Phi) is 5.33. The Balaban J connectivity index is 1.54. The molecule has 0 radical (unpaired) electrons. The number of halogens is 1. The molecule has 0 bridgehead atoms. The molecule has 1 amide bonds. The Hall–Kier alpha value is -2.44. The highest BCUT2D eigenvalue weighted by molar-refractivity contribution is 7.95. The fraction of sp³-hybridized carbons (Fsp3) is 0.238. The van der Waals surface area contributed by atoms with Crippen LogP contribution in [0.2, 0.25) is 5.02 Å². The summed E-state index contributed by atoms with van der Waals surface area (Å²) in [5.74, 6) is -0.468. The van der Waals surface area contributed by atoms with E-state index in [4.69, 9.17) is 15.8 Å². The molecule has 1 aliphatic carbocycles. The number of benzene rings is 2. The van der Waals surface area contributed by atoms with Gasteiger partial charge in [0.05, 0.1) is 23.3 Å². The molecule has 0 spiro atoms. The maximum atomic E-state index is 12.9. The molecule has 0 aliphatic heterocycles. The Morgan fingerprint density at radius 1 is 1.25 bits per heavy atom. The van der Waals surface area contributed by atoms with Gasteiger partial charge in [-0.2, -0.15) is 0 Å². The summed E-state index contributed by atoms with van der Waals surface area (Å²) in [5.41, 5.74) is 3.57. The third kappa shape index (κ3) is 3.75. The number of hydrogen-bond donors (Lipinski definition) is 2. The summed E-state index contributed by atoms with van der Waals surface area (Å²) in [6.07, 6.45) is 1.01. The third-order valence-corrected chi connectivity index (χ3v) is 6.15. The Morgan fingerprint density at radius 2 is 2.07 bits per heavy atom. The topological polar surface area (TPSA) is 71.2 Å². The molecule has 0 unspecified atom stereocenters. The lowest BCUT2D eigenvalue weighted by atomic mass is 10.1. The van der Waals surface area contributed by atoms with E-state index in [1.165, 1.54) is 0 Å². The van der Waals surface area contributed by atoms with E-state index in [1.54, 1.807) is 19.1 Å². The van der Waals surface area contributed by atoms with E-state index in [1.807, 2.05) is 36.4 Å². The number of aromatic amines is 1. The van der Waals surface area contributed by atoms with Crippen LogP contribution >= 0.6 is 23.6 Å². The van der Waals surface area contributed by atoms with E-state index >= 15 is 0 Å². The van der Waals surface area contributed by atoms with Gasteiger partial charge in [-0.25, -0.2) is 0 Å². The van der Waals surface area contributed by atoms with E-state index in [9.17, 15) is 9.59 Å². The van der Waals surface area contributed by atoms with Crippen molar-refractivity contribution in [2.24, 2.45) is 0 Å². The summed E-state index contributed by atoms with van der Waals surface area (Å²) in [6.45, 7) is 1.76. The zero-order chi connectivity index (χ0) is 19.7. The standard InChI is InChI=1S/C21H19ClN2O3S/c1-2-19(25)27-28-20-15-6-4-3-5-12(15)10-17(20)24-21(26)18-11-13-9-14(22)7-8-16(13)23-18/h3-9,11,17,20,23H,2,10H2,1H3,(H,24,26)/t17-,20-/m1/s1. The van der Waals surface area contributed by atoms with Gasteiger partial charge in [-0.3, -0.25) is 9.59 Å². The van der Waals surface area contributed by atoms with Crippen molar-refractivity contribution >= 4 is 46.4 Å². The maximum absolute atomic E-state index is 12.9. The number of carbonyl (C=O) groups is 2. The molecular formula is C21H19ClN2O3S. The zero-order valence-electron chi connectivity index (χ0n) is 15.2. The molecule has 0 saturated heterocycles. The first-order valence-electron chi connectivity index (χ1n) is 9.08. The van der Waals surface area contributed by atoms with Crippen molar-refractivity contribution in [2.45, 2.75) is 31.1 Å². The van der Waals surface area contributed by atoms with E-state index in [0.717, 1.165) is 34.1 Å². The van der Waals surface area contributed by atoms with Crippen LogP contribution in [0, 0.1) is 0 Å². The van der Waals surface area contributed by atoms with Gasteiger partial charge >= 0.3 is 5.97 Å². The zero-order valence-corrected chi connectivity index (χ0v) is 16.8. The average Bonchev–Trinajstić information content (AvgIpc) is 3.26. The van der Waals surface area contributed by atoms with Crippen LogP contribution < -0.4 is 5.32 Å². The second-order valence-electron chi connectivity index (χ2n) is 6.72. The van der Waals surface area contributed by atoms with Gasteiger partial charge in [0.15, 0.2) is 0 Å². The lowest BCUT2D eigenvalue weighted by molar-refractivity contribution is -0.132. The van der Waals surface area contributed by atoms with Crippen LogP contribution in [0.5, 0.6) is 0 Å². The summed E-state index contributed by atoms with van der Waals surface area (Å²) >= 11 is 7.15. The van der Waals surface area contributed by atoms with Gasteiger partial charge in [-0.05, 0) is 41.8 Å². The minimum absolute atomic E-state index is 0.144. The summed E-state index contributed by atoms with van der Waals surface area (Å²) < 4.78 is 5.31. The molecule has 7 heteroatoms. The SMILES string of the molecule is CCC(=O)OS[C@@H]1c2ccccc2C[C@H]1NC(=O)c1cc2cc(Cl)ccc2[nH]1. The van der Waals surface area contributed by atoms with Gasteiger partial charge in [0, 0.05) is 22.3 Å². The lowest BCUT2D eigenvalue weighted by Gasteiger charge is -2.20. The van der Waals surface area contributed by atoms with Crippen molar-refractivity contribution in [3.05, 3.63) is 70.4 Å². The van der Waals surface area contributed by atoms with Gasteiger partial charge in [0.25, 0.3) is 5.91 Å². The van der Waals surface area contributed by atoms with Crippen LogP contribution in [-0.2, 0) is 15.4 Å². The van der Waals surface area contributed by atoms with E-state index < -0.39 is 0 Å². The van der Waals surface area contributed by atoms with E-state index in [2.05, 4.69) is 10.3 Å². The normalized spacial score (nSPS) is 18.1. The molecule has 4 rings (SSSR count). The Labute approximate surface area is 172 Å². The summed E-state index contributed by atoms with van der Waals surface area (Å²) in [6, 6.07) is 15.1. The van der Waals surface area contributed by atoms with Crippen LogP contribution in [0.1, 0.15) is 40.2 Å². The van der Waals surface area contributed by atoms with Gasteiger partial charge in [-0.1, -0.05) is 42.8 Å². The van der Waals surface area contributed by atoms with Gasteiger partial charge in [-0.15, -0.1) is 0 Å². The van der Waals surface area contributed by atoms with Crippen LogP contribution in [0.3, 0.4) is 0 Å². The molecule has 1 aliphatic rings. The number of nitrogens with one attached hydrogen (secondary N) is 2. The number of amides is 1. The summed E-state index contributed by atoms with van der Waals surface area (Å²) in [5, 5.41) is 4.46. The molecule has 0 fully saturated rings. The molecule has 2 N–H and O–H groups in total. The molecular weight excluding hydrogens is 396 g/mol. The van der Waals surface area contributed by atoms with Crippen LogP contribution in [0.4, 0.5) is 0 Å². The number of hydrogen-bond acceptors (Lipinski definition) is 4. The van der Waals surface area contributed by atoms with Crippen LogP contribution in [-0.4, -0.2) is 22.9 Å². The van der Waals surface area contributed by atoms with Gasteiger partial charge in [0.2, 0.25) is 0 Å². The smallest absolute Gasteiger partial charge is 0.317 e. The fourth-order valence-corrected chi connectivity index (χ4v) is 4.58. The van der Waals surface area contributed by atoms with Gasteiger partial charge < -0.3 is 14.5 Å². The molecule has 1 aromatic heterocycles. The molecule has 5 nitrogen and oxygen atoms in total. The van der Waals surface area contributed by atoms with Crippen molar-refractivity contribution < 1.29 is 13.8 Å². The third-order valence-electron chi connectivity index (χ3n) is 4.84. The first-order valence-corrected chi connectivity index (χ1v) is 10.3. The molecule has 0 saturated carbocycles. The predicted molar refractivity (Wildman–Crippen MR) is 111 cm³/mol. The first-order chi connectivity index (χ1) is 13.5. The lowest BCUT2D eigenvalue weighted by Crippen LogP contribution is -2.37. The van der Waals surface area contributed by atoms with Crippen molar-refractivity contribution in [3.63, 3.8) is 0 Å². The minimum Gasteiger partial charge on any atom is -0.391 e. The minimum atomic E-state index is -0.271. The highest BCUT2D eigenvalue weighted by Gasteiger charge is 2.35. The fourth-order valence-electron chi connectivity index (χ4n) is 3.44. The molecule has 2 aromatic carbocycles. The first kappa shape index (κ1) is 18.9. The Morgan fingerprint density at radius 3 is 2.89 bits per heavy atom. The highest BCUT2D eigenvalue weighted by Crippen LogP contribution is 2.42. The van der Waals surface area contributed by atoms with Crippen molar-refractivity contribution in [3.8, 4) is 0 Å². The molecule has 3 aromatic rings.